The molecule has 0 fully saturated rings. The molecule has 0 N–H and O–H groups in total. The summed E-state index contributed by atoms with van der Waals surface area (Å²) in [6.45, 7) is 1.52. The standard InChI is InChI=1S/C19H12BrClF3N5/c1-11-26-18(19(22,23)24)10-28(11)16-7-2-12(20)8-15(16)17-9-25-27-29(17)14-5-3-13(21)4-6-14/h2-10H,1H3. The zero-order chi connectivity index (χ0) is 20.8. The zero-order valence-electron chi connectivity index (χ0n) is 14.8. The van der Waals surface area contributed by atoms with E-state index in [4.69, 9.17) is 11.6 Å². The molecule has 0 saturated heterocycles. The molecule has 0 amide bonds. The van der Waals surface area contributed by atoms with Crippen LogP contribution in [0.3, 0.4) is 0 Å². The van der Waals surface area contributed by atoms with Crippen molar-refractivity contribution >= 4 is 27.5 Å². The Labute approximate surface area is 176 Å². The summed E-state index contributed by atoms with van der Waals surface area (Å²) < 4.78 is 43.2. The van der Waals surface area contributed by atoms with E-state index >= 15 is 0 Å². The molecule has 2 heterocycles. The van der Waals surface area contributed by atoms with E-state index in [1.54, 1.807) is 53.3 Å². The van der Waals surface area contributed by atoms with Crippen LogP contribution in [-0.2, 0) is 6.18 Å². The average molecular weight is 483 g/mol. The van der Waals surface area contributed by atoms with Crippen molar-refractivity contribution in [1.29, 1.82) is 0 Å². The lowest BCUT2D eigenvalue weighted by Crippen LogP contribution is -2.05. The number of hydrogen-bond donors (Lipinski definition) is 0. The SMILES string of the molecule is Cc1nc(C(F)(F)F)cn1-c1ccc(Br)cc1-c1cnnn1-c1ccc(Cl)cc1. The predicted molar refractivity (Wildman–Crippen MR) is 106 cm³/mol. The molecule has 0 bridgehead atoms. The van der Waals surface area contributed by atoms with Crippen LogP contribution in [-0.4, -0.2) is 24.5 Å². The lowest BCUT2D eigenvalue weighted by Gasteiger charge is -2.14. The molecule has 0 spiro atoms. The summed E-state index contributed by atoms with van der Waals surface area (Å²) in [5, 5.41) is 8.69. The minimum atomic E-state index is -4.53. The van der Waals surface area contributed by atoms with Crippen molar-refractivity contribution < 1.29 is 13.2 Å². The van der Waals surface area contributed by atoms with Crippen molar-refractivity contribution in [3.8, 4) is 22.6 Å². The predicted octanol–water partition coefficient (Wildman–Crippen LogP) is 5.86. The first-order valence-electron chi connectivity index (χ1n) is 8.34. The quantitative estimate of drug-likeness (QED) is 0.367. The lowest BCUT2D eigenvalue weighted by molar-refractivity contribution is -0.141. The number of rotatable bonds is 3. The van der Waals surface area contributed by atoms with Crippen molar-refractivity contribution in [3.63, 3.8) is 0 Å². The van der Waals surface area contributed by atoms with Crippen molar-refractivity contribution in [2.24, 2.45) is 0 Å². The molecular weight excluding hydrogens is 471 g/mol. The highest BCUT2D eigenvalue weighted by Crippen LogP contribution is 2.34. The minimum Gasteiger partial charge on any atom is -0.303 e. The van der Waals surface area contributed by atoms with Crippen LogP contribution in [0.15, 0.2) is 59.3 Å². The Balaban J connectivity index is 1.90. The minimum absolute atomic E-state index is 0.214. The molecule has 29 heavy (non-hydrogen) atoms. The maximum Gasteiger partial charge on any atom is 0.434 e. The van der Waals surface area contributed by atoms with E-state index in [2.05, 4.69) is 31.2 Å². The molecule has 148 valence electrons. The molecule has 5 nitrogen and oxygen atoms in total. The maximum atomic E-state index is 13.1. The van der Waals surface area contributed by atoms with E-state index in [-0.39, 0.29) is 5.82 Å². The first kappa shape index (κ1) is 19.7. The van der Waals surface area contributed by atoms with Gasteiger partial charge in [0, 0.05) is 21.3 Å². The van der Waals surface area contributed by atoms with Gasteiger partial charge in [-0.05, 0) is 49.4 Å². The van der Waals surface area contributed by atoms with Gasteiger partial charge in [0.15, 0.2) is 5.69 Å². The molecule has 0 aliphatic carbocycles. The second-order valence-corrected chi connectivity index (χ2v) is 7.56. The van der Waals surface area contributed by atoms with Crippen LogP contribution in [0.5, 0.6) is 0 Å². The number of hydrogen-bond acceptors (Lipinski definition) is 3. The summed E-state index contributed by atoms with van der Waals surface area (Å²) >= 11 is 9.39. The van der Waals surface area contributed by atoms with Gasteiger partial charge in [0.1, 0.15) is 5.82 Å². The molecule has 0 radical (unpaired) electrons. The fourth-order valence-electron chi connectivity index (χ4n) is 2.97. The second-order valence-electron chi connectivity index (χ2n) is 6.21. The smallest absolute Gasteiger partial charge is 0.303 e. The topological polar surface area (TPSA) is 48.5 Å². The highest BCUT2D eigenvalue weighted by Gasteiger charge is 2.34. The summed E-state index contributed by atoms with van der Waals surface area (Å²) in [6.07, 6.45) is -1.99. The van der Waals surface area contributed by atoms with Gasteiger partial charge in [0.05, 0.1) is 23.3 Å². The summed E-state index contributed by atoms with van der Waals surface area (Å²) in [6, 6.07) is 12.3. The average Bonchev–Trinajstić information content (AvgIpc) is 3.29. The molecule has 2 aromatic heterocycles. The molecule has 0 aliphatic rings. The highest BCUT2D eigenvalue weighted by atomic mass is 79.9. The molecule has 0 atom stereocenters. The van der Waals surface area contributed by atoms with Crippen LogP contribution >= 0.6 is 27.5 Å². The Hall–Kier alpha value is -2.65. The van der Waals surface area contributed by atoms with Gasteiger partial charge in [-0.3, -0.25) is 0 Å². The van der Waals surface area contributed by atoms with Gasteiger partial charge in [0.2, 0.25) is 0 Å². The van der Waals surface area contributed by atoms with Crippen LogP contribution in [0.1, 0.15) is 11.5 Å². The number of halogens is 5. The maximum absolute atomic E-state index is 13.1. The van der Waals surface area contributed by atoms with Gasteiger partial charge < -0.3 is 4.57 Å². The van der Waals surface area contributed by atoms with E-state index < -0.39 is 11.9 Å². The van der Waals surface area contributed by atoms with Crippen LogP contribution < -0.4 is 0 Å². The zero-order valence-corrected chi connectivity index (χ0v) is 17.2. The summed E-state index contributed by atoms with van der Waals surface area (Å²) in [5.41, 5.74) is 1.52. The number of alkyl halides is 3. The summed E-state index contributed by atoms with van der Waals surface area (Å²) in [4.78, 5) is 3.67. The number of nitrogens with zero attached hydrogens (tertiary/aromatic N) is 5. The molecule has 0 aliphatic heterocycles. The van der Waals surface area contributed by atoms with Gasteiger partial charge >= 0.3 is 6.18 Å². The van der Waals surface area contributed by atoms with Crippen LogP contribution in [0.25, 0.3) is 22.6 Å². The first-order chi connectivity index (χ1) is 13.7. The van der Waals surface area contributed by atoms with E-state index in [1.807, 2.05) is 0 Å². The molecule has 4 aromatic rings. The Bertz CT molecular complexity index is 1180. The highest BCUT2D eigenvalue weighted by molar-refractivity contribution is 9.10. The van der Waals surface area contributed by atoms with E-state index in [0.29, 0.717) is 27.7 Å². The third-order valence-electron chi connectivity index (χ3n) is 4.29. The van der Waals surface area contributed by atoms with Crippen LogP contribution in [0.2, 0.25) is 5.02 Å². The number of benzene rings is 2. The Kier molecular flexibility index (Phi) is 4.95. The monoisotopic (exact) mass is 481 g/mol. The van der Waals surface area contributed by atoms with Gasteiger partial charge in [-0.2, -0.15) is 13.2 Å². The molecule has 4 rings (SSSR count). The number of aryl methyl sites for hydroxylation is 1. The Morgan fingerprint density at radius 3 is 2.45 bits per heavy atom. The van der Waals surface area contributed by atoms with Gasteiger partial charge in [-0.1, -0.05) is 32.7 Å². The van der Waals surface area contributed by atoms with E-state index in [1.165, 1.54) is 11.5 Å². The number of imidazole rings is 1. The lowest BCUT2D eigenvalue weighted by atomic mass is 10.1. The molecule has 2 aromatic carbocycles. The normalized spacial score (nSPS) is 11.8. The molecule has 0 saturated carbocycles. The Morgan fingerprint density at radius 1 is 1.07 bits per heavy atom. The van der Waals surface area contributed by atoms with Crippen LogP contribution in [0, 0.1) is 6.92 Å². The Morgan fingerprint density at radius 2 is 1.79 bits per heavy atom. The molecular formula is C19H12BrClF3N5. The molecule has 10 heteroatoms. The van der Waals surface area contributed by atoms with Crippen molar-refractivity contribution in [1.82, 2.24) is 24.5 Å². The second kappa shape index (κ2) is 7.31. The number of aromatic nitrogens is 5. The van der Waals surface area contributed by atoms with Gasteiger partial charge in [-0.15, -0.1) is 5.10 Å². The van der Waals surface area contributed by atoms with Crippen LogP contribution in [0.4, 0.5) is 13.2 Å². The first-order valence-corrected chi connectivity index (χ1v) is 9.51. The summed E-state index contributed by atoms with van der Waals surface area (Å²) in [5.74, 6) is 0.214. The van der Waals surface area contributed by atoms with Crippen molar-refractivity contribution in [3.05, 3.63) is 75.9 Å². The third kappa shape index (κ3) is 3.79. The van der Waals surface area contributed by atoms with E-state index in [9.17, 15) is 13.2 Å². The fraction of sp³-hybridized carbons (Fsp3) is 0.105. The van der Waals surface area contributed by atoms with Gasteiger partial charge in [-0.25, -0.2) is 9.67 Å². The fourth-order valence-corrected chi connectivity index (χ4v) is 3.46. The largest absolute Gasteiger partial charge is 0.434 e. The van der Waals surface area contributed by atoms with Crippen molar-refractivity contribution in [2.75, 3.05) is 0 Å². The van der Waals surface area contributed by atoms with Gasteiger partial charge in [0.25, 0.3) is 0 Å². The van der Waals surface area contributed by atoms with E-state index in [0.717, 1.165) is 10.7 Å². The summed E-state index contributed by atoms with van der Waals surface area (Å²) in [7, 11) is 0. The third-order valence-corrected chi connectivity index (χ3v) is 5.03. The molecule has 0 unspecified atom stereocenters. The van der Waals surface area contributed by atoms with Crippen molar-refractivity contribution in [2.45, 2.75) is 13.1 Å².